The number of nitrogens with zero attached hydrogens (tertiary/aromatic N) is 1. The van der Waals surface area contributed by atoms with E-state index in [2.05, 4.69) is 4.74 Å². The van der Waals surface area contributed by atoms with Crippen molar-refractivity contribution < 1.29 is 19.1 Å². The lowest BCUT2D eigenvalue weighted by molar-refractivity contribution is -0.143. The molecule has 1 rings (SSSR count). The second kappa shape index (κ2) is 4.80. The Balaban J connectivity index is 2.01. The van der Waals surface area contributed by atoms with E-state index in [0.717, 1.165) is 0 Å². The summed E-state index contributed by atoms with van der Waals surface area (Å²) in [5.74, 6) is -0.295. The minimum Gasteiger partial charge on any atom is -0.469 e. The Kier molecular flexibility index (Phi) is 3.70. The Hall–Kier alpha value is -1.30. The van der Waals surface area contributed by atoms with E-state index < -0.39 is 6.03 Å². The molecule has 1 fully saturated rings. The molecule has 0 aromatic carbocycles. The van der Waals surface area contributed by atoms with Crippen LogP contribution in [0.2, 0.25) is 0 Å². The Morgan fingerprint density at radius 3 is 2.64 bits per heavy atom. The van der Waals surface area contributed by atoms with Gasteiger partial charge in [0.15, 0.2) is 0 Å². The minimum absolute atomic E-state index is 0.00663. The van der Waals surface area contributed by atoms with Crippen LogP contribution in [-0.4, -0.2) is 49.8 Å². The van der Waals surface area contributed by atoms with Crippen LogP contribution in [0, 0.1) is 0 Å². The van der Waals surface area contributed by atoms with E-state index in [1.165, 1.54) is 12.0 Å². The molecule has 0 aromatic rings. The van der Waals surface area contributed by atoms with Gasteiger partial charge in [0.05, 0.1) is 39.3 Å². The van der Waals surface area contributed by atoms with Gasteiger partial charge in [-0.05, 0) is 0 Å². The van der Waals surface area contributed by atoms with Crippen LogP contribution < -0.4 is 5.73 Å². The Bertz CT molecular complexity index is 225. The predicted molar refractivity (Wildman–Crippen MR) is 47.5 cm³/mol. The predicted octanol–water partition coefficient (Wildman–Crippen LogP) is -0.671. The summed E-state index contributed by atoms with van der Waals surface area (Å²) in [6.07, 6.45) is 0.246. The lowest BCUT2D eigenvalue weighted by atomic mass is 10.2. The molecule has 80 valence electrons. The van der Waals surface area contributed by atoms with Gasteiger partial charge in [-0.3, -0.25) is 4.79 Å². The number of carbonyl (C=O) groups excluding carboxylic acids is 2. The third-order valence-electron chi connectivity index (χ3n) is 2.05. The number of carbonyl (C=O) groups is 2. The zero-order chi connectivity index (χ0) is 10.6. The molecular formula is C8H14N2O4. The van der Waals surface area contributed by atoms with Crippen molar-refractivity contribution in [3.63, 3.8) is 0 Å². The fourth-order valence-electron chi connectivity index (χ4n) is 1.13. The van der Waals surface area contributed by atoms with Gasteiger partial charge < -0.3 is 20.1 Å². The van der Waals surface area contributed by atoms with Crippen molar-refractivity contribution >= 4 is 12.0 Å². The highest BCUT2D eigenvalue weighted by atomic mass is 16.5. The molecule has 0 bridgehead atoms. The molecule has 0 radical (unpaired) electrons. The number of urea groups is 1. The van der Waals surface area contributed by atoms with Crippen molar-refractivity contribution in [3.8, 4) is 0 Å². The smallest absolute Gasteiger partial charge is 0.314 e. The van der Waals surface area contributed by atoms with Crippen molar-refractivity contribution in [2.75, 3.05) is 26.8 Å². The Morgan fingerprint density at radius 1 is 1.50 bits per heavy atom. The van der Waals surface area contributed by atoms with Crippen molar-refractivity contribution in [3.05, 3.63) is 0 Å². The number of rotatable bonds is 4. The van der Waals surface area contributed by atoms with E-state index in [9.17, 15) is 9.59 Å². The molecule has 6 nitrogen and oxygen atoms in total. The maximum Gasteiger partial charge on any atom is 0.314 e. The highest BCUT2D eigenvalue weighted by molar-refractivity contribution is 5.73. The van der Waals surface area contributed by atoms with Gasteiger partial charge >= 0.3 is 12.0 Å². The zero-order valence-corrected chi connectivity index (χ0v) is 8.06. The van der Waals surface area contributed by atoms with E-state index in [-0.39, 0.29) is 18.5 Å². The average molecular weight is 202 g/mol. The molecule has 14 heavy (non-hydrogen) atoms. The summed E-state index contributed by atoms with van der Waals surface area (Å²) in [7, 11) is 1.33. The summed E-state index contributed by atoms with van der Waals surface area (Å²) in [5, 5.41) is 0. The molecule has 0 unspecified atom stereocenters. The van der Waals surface area contributed by atoms with E-state index in [0.29, 0.717) is 19.7 Å². The monoisotopic (exact) mass is 202 g/mol. The number of nitrogens with two attached hydrogens (primary N) is 1. The maximum absolute atomic E-state index is 10.7. The highest BCUT2D eigenvalue weighted by Gasteiger charge is 2.29. The fourth-order valence-corrected chi connectivity index (χ4v) is 1.13. The number of methoxy groups -OCH3 is 1. The van der Waals surface area contributed by atoms with Gasteiger partial charge in [-0.1, -0.05) is 0 Å². The van der Waals surface area contributed by atoms with Crippen LogP contribution in [0.5, 0.6) is 0 Å². The molecule has 1 saturated heterocycles. The first-order valence-corrected chi connectivity index (χ1v) is 4.36. The Morgan fingerprint density at radius 2 is 2.14 bits per heavy atom. The quantitative estimate of drug-likeness (QED) is 0.613. The van der Waals surface area contributed by atoms with Gasteiger partial charge in [-0.25, -0.2) is 4.79 Å². The van der Waals surface area contributed by atoms with Crippen LogP contribution >= 0.6 is 0 Å². The molecule has 2 N–H and O–H groups in total. The largest absolute Gasteiger partial charge is 0.469 e. The molecule has 0 saturated carbocycles. The molecule has 0 atom stereocenters. The normalized spacial score (nSPS) is 16.2. The molecule has 1 aliphatic heterocycles. The van der Waals surface area contributed by atoms with Crippen LogP contribution in [-0.2, 0) is 14.3 Å². The molecular weight excluding hydrogens is 188 g/mol. The van der Waals surface area contributed by atoms with Crippen LogP contribution in [0.1, 0.15) is 6.42 Å². The average Bonchev–Trinajstić information content (AvgIpc) is 2.07. The second-order valence-electron chi connectivity index (χ2n) is 3.06. The number of hydrogen-bond donors (Lipinski definition) is 1. The van der Waals surface area contributed by atoms with Gasteiger partial charge in [0, 0.05) is 0 Å². The number of amides is 2. The standard InChI is InChI=1S/C8H14N2O4/c1-13-7(11)2-3-14-6-4-10(5-6)8(9)12/h6H,2-5H2,1H3,(H2,9,12). The van der Waals surface area contributed by atoms with E-state index in [4.69, 9.17) is 10.5 Å². The molecule has 1 heterocycles. The first-order valence-electron chi connectivity index (χ1n) is 4.36. The van der Waals surface area contributed by atoms with Crippen molar-refractivity contribution in [1.29, 1.82) is 0 Å². The van der Waals surface area contributed by atoms with Gasteiger partial charge in [-0.15, -0.1) is 0 Å². The number of primary amides is 1. The van der Waals surface area contributed by atoms with Crippen LogP contribution in [0.4, 0.5) is 4.79 Å². The summed E-state index contributed by atoms with van der Waals surface area (Å²) in [4.78, 5) is 22.7. The number of hydrogen-bond acceptors (Lipinski definition) is 4. The first-order chi connectivity index (χ1) is 6.63. The fraction of sp³-hybridized carbons (Fsp3) is 0.750. The van der Waals surface area contributed by atoms with Gasteiger partial charge in [0.1, 0.15) is 0 Å². The summed E-state index contributed by atoms with van der Waals surface area (Å²) in [6.45, 7) is 1.34. The molecule has 1 aliphatic rings. The third-order valence-corrected chi connectivity index (χ3v) is 2.05. The van der Waals surface area contributed by atoms with Crippen LogP contribution in [0.15, 0.2) is 0 Å². The van der Waals surface area contributed by atoms with Crippen LogP contribution in [0.3, 0.4) is 0 Å². The molecule has 6 heteroatoms. The summed E-state index contributed by atoms with van der Waals surface area (Å²) in [6, 6.07) is -0.433. The van der Waals surface area contributed by atoms with Gasteiger partial charge in [0.25, 0.3) is 0 Å². The Labute approximate surface area is 81.9 Å². The summed E-state index contributed by atoms with van der Waals surface area (Å²) in [5.41, 5.74) is 5.02. The maximum atomic E-state index is 10.7. The van der Waals surface area contributed by atoms with Crippen molar-refractivity contribution in [1.82, 2.24) is 4.90 Å². The van der Waals surface area contributed by atoms with E-state index >= 15 is 0 Å². The lowest BCUT2D eigenvalue weighted by Crippen LogP contribution is -2.56. The molecule has 0 aliphatic carbocycles. The summed E-state index contributed by atoms with van der Waals surface area (Å²) < 4.78 is 9.72. The number of ether oxygens (including phenoxy) is 2. The second-order valence-corrected chi connectivity index (χ2v) is 3.06. The highest BCUT2D eigenvalue weighted by Crippen LogP contribution is 2.10. The number of esters is 1. The molecule has 0 aromatic heterocycles. The number of likely N-dealkylation sites (tertiary alicyclic amines) is 1. The van der Waals surface area contributed by atoms with E-state index in [1.807, 2.05) is 0 Å². The van der Waals surface area contributed by atoms with Crippen molar-refractivity contribution in [2.45, 2.75) is 12.5 Å². The van der Waals surface area contributed by atoms with Gasteiger partial charge in [0.2, 0.25) is 0 Å². The zero-order valence-electron chi connectivity index (χ0n) is 8.06. The van der Waals surface area contributed by atoms with Gasteiger partial charge in [-0.2, -0.15) is 0 Å². The van der Waals surface area contributed by atoms with Crippen molar-refractivity contribution in [2.24, 2.45) is 5.73 Å². The molecule has 0 spiro atoms. The van der Waals surface area contributed by atoms with Crippen LogP contribution in [0.25, 0.3) is 0 Å². The third kappa shape index (κ3) is 2.88. The lowest BCUT2D eigenvalue weighted by Gasteiger charge is -2.37. The minimum atomic E-state index is -0.433. The SMILES string of the molecule is COC(=O)CCOC1CN(C(N)=O)C1. The van der Waals surface area contributed by atoms with E-state index in [1.54, 1.807) is 0 Å². The molecule has 2 amide bonds. The topological polar surface area (TPSA) is 81.9 Å². The first kappa shape index (κ1) is 10.8. The summed E-state index contributed by atoms with van der Waals surface area (Å²) >= 11 is 0.